The Morgan fingerprint density at radius 2 is 2.14 bits per heavy atom. The highest BCUT2D eigenvalue weighted by Gasteiger charge is 2.38. The maximum atomic E-state index is 10.0. The van der Waals surface area contributed by atoms with Crippen LogP contribution in [0.5, 0.6) is 5.75 Å². The van der Waals surface area contributed by atoms with Crippen molar-refractivity contribution < 1.29 is 9.84 Å². The average Bonchev–Trinajstić information content (AvgIpc) is 2.39. The Hall–Kier alpha value is -1.10. The van der Waals surface area contributed by atoms with Crippen LogP contribution in [0.2, 0.25) is 0 Å². The molecular weight excluding hydrogens is 264 g/mol. The van der Waals surface area contributed by atoms with Crippen LogP contribution in [-0.2, 0) is 0 Å². The number of aliphatic hydroxyl groups excluding tert-OH is 1. The minimum absolute atomic E-state index is 0.289. The monoisotopic (exact) mass is 292 g/mol. The molecule has 1 saturated carbocycles. The summed E-state index contributed by atoms with van der Waals surface area (Å²) >= 11 is 0. The molecule has 0 saturated heterocycles. The van der Waals surface area contributed by atoms with E-state index in [2.05, 4.69) is 24.3 Å². The van der Waals surface area contributed by atoms with Gasteiger partial charge in [0.2, 0.25) is 0 Å². The van der Waals surface area contributed by atoms with Gasteiger partial charge < -0.3 is 20.1 Å². The van der Waals surface area contributed by atoms with Gasteiger partial charge in [0.15, 0.2) is 0 Å². The van der Waals surface area contributed by atoms with Crippen LogP contribution >= 0.6 is 0 Å². The van der Waals surface area contributed by atoms with E-state index >= 15 is 0 Å². The van der Waals surface area contributed by atoms with Gasteiger partial charge in [-0.2, -0.15) is 0 Å². The van der Waals surface area contributed by atoms with Crippen LogP contribution in [0.15, 0.2) is 24.3 Å². The molecule has 2 rings (SSSR count). The molecule has 21 heavy (non-hydrogen) atoms. The smallest absolute Gasteiger partial charge is 0.119 e. The topological polar surface area (TPSA) is 44.7 Å². The maximum absolute atomic E-state index is 10.0. The van der Waals surface area contributed by atoms with E-state index in [1.807, 2.05) is 31.2 Å². The largest absolute Gasteiger partial charge is 0.491 e. The minimum atomic E-state index is -0.482. The number of aryl methyl sites for hydroxylation is 1. The molecule has 0 aromatic heterocycles. The van der Waals surface area contributed by atoms with E-state index in [0.29, 0.717) is 13.2 Å². The van der Waals surface area contributed by atoms with Crippen molar-refractivity contribution in [3.63, 3.8) is 0 Å². The van der Waals surface area contributed by atoms with Gasteiger partial charge in [-0.15, -0.1) is 0 Å². The van der Waals surface area contributed by atoms with E-state index in [0.717, 1.165) is 17.9 Å². The summed E-state index contributed by atoms with van der Waals surface area (Å²) in [6, 6.07) is 7.90. The Bertz CT molecular complexity index is 444. The molecule has 0 bridgehead atoms. The Morgan fingerprint density at radius 3 is 2.71 bits per heavy atom. The van der Waals surface area contributed by atoms with Gasteiger partial charge in [-0.05, 0) is 58.0 Å². The van der Waals surface area contributed by atoms with Crippen LogP contribution in [0.3, 0.4) is 0 Å². The predicted molar refractivity (Wildman–Crippen MR) is 85.8 cm³/mol. The van der Waals surface area contributed by atoms with Crippen molar-refractivity contribution in [1.82, 2.24) is 10.2 Å². The molecule has 2 N–H and O–H groups in total. The number of aliphatic hydroxyl groups is 1. The summed E-state index contributed by atoms with van der Waals surface area (Å²) in [6.45, 7) is 3.86. The Labute approximate surface area is 128 Å². The molecule has 1 aliphatic rings. The summed E-state index contributed by atoms with van der Waals surface area (Å²) in [5.41, 5.74) is 1.45. The summed E-state index contributed by atoms with van der Waals surface area (Å²) in [7, 11) is 4.27. The lowest BCUT2D eigenvalue weighted by molar-refractivity contribution is 0.0512. The normalized spacial score (nSPS) is 18.3. The first-order valence-corrected chi connectivity index (χ1v) is 7.77. The molecule has 0 aliphatic heterocycles. The SMILES string of the molecule is Cc1cccc(OCC(O)CNCC2(N(C)C)CCC2)c1. The summed E-state index contributed by atoms with van der Waals surface area (Å²) in [5, 5.41) is 13.4. The zero-order chi connectivity index (χ0) is 15.3. The number of nitrogens with one attached hydrogen (secondary N) is 1. The number of nitrogens with zero attached hydrogens (tertiary/aromatic N) is 1. The Morgan fingerprint density at radius 1 is 1.38 bits per heavy atom. The van der Waals surface area contributed by atoms with Crippen molar-refractivity contribution in [1.29, 1.82) is 0 Å². The third-order valence-electron chi connectivity index (χ3n) is 4.50. The molecule has 0 amide bonds. The molecule has 4 nitrogen and oxygen atoms in total. The first kappa shape index (κ1) is 16.3. The standard InChI is InChI=1S/C17H28N2O2/c1-14-6-4-7-16(10-14)21-12-15(20)11-18-13-17(19(2)3)8-5-9-17/h4,6-7,10,15,18,20H,5,8-9,11-13H2,1-3H3. The number of ether oxygens (including phenoxy) is 1. The fourth-order valence-corrected chi connectivity index (χ4v) is 2.79. The molecule has 0 radical (unpaired) electrons. The molecule has 4 heteroatoms. The van der Waals surface area contributed by atoms with E-state index in [-0.39, 0.29) is 5.54 Å². The van der Waals surface area contributed by atoms with E-state index < -0.39 is 6.10 Å². The quantitative estimate of drug-likeness (QED) is 0.767. The van der Waals surface area contributed by atoms with Gasteiger partial charge in [-0.25, -0.2) is 0 Å². The summed E-state index contributed by atoms with van der Waals surface area (Å²) in [4.78, 5) is 2.30. The van der Waals surface area contributed by atoms with E-state index in [1.165, 1.54) is 19.3 Å². The van der Waals surface area contributed by atoms with E-state index in [4.69, 9.17) is 4.74 Å². The van der Waals surface area contributed by atoms with Gasteiger partial charge in [0, 0.05) is 18.6 Å². The van der Waals surface area contributed by atoms with Gasteiger partial charge in [0.1, 0.15) is 18.5 Å². The number of likely N-dealkylation sites (N-methyl/N-ethyl adjacent to an activating group) is 1. The van der Waals surface area contributed by atoms with Crippen molar-refractivity contribution in [2.24, 2.45) is 0 Å². The highest BCUT2D eigenvalue weighted by Crippen LogP contribution is 2.35. The van der Waals surface area contributed by atoms with Gasteiger partial charge in [0.05, 0.1) is 0 Å². The predicted octanol–water partition coefficient (Wildman–Crippen LogP) is 1.81. The van der Waals surface area contributed by atoms with Crippen molar-refractivity contribution in [3.8, 4) is 5.75 Å². The number of rotatable bonds is 8. The molecule has 0 spiro atoms. The summed E-state index contributed by atoms with van der Waals surface area (Å²) in [6.07, 6.45) is 3.30. The fraction of sp³-hybridized carbons (Fsp3) is 0.647. The zero-order valence-corrected chi connectivity index (χ0v) is 13.4. The van der Waals surface area contributed by atoms with Crippen LogP contribution in [0, 0.1) is 6.92 Å². The molecule has 1 aromatic carbocycles. The number of hydrogen-bond acceptors (Lipinski definition) is 4. The lowest BCUT2D eigenvalue weighted by Crippen LogP contribution is -2.57. The molecule has 1 aromatic rings. The molecular formula is C17H28N2O2. The second kappa shape index (κ2) is 7.25. The molecule has 0 heterocycles. The van der Waals surface area contributed by atoms with Crippen molar-refractivity contribution in [2.75, 3.05) is 33.8 Å². The highest BCUT2D eigenvalue weighted by atomic mass is 16.5. The Balaban J connectivity index is 1.67. The Kier molecular flexibility index (Phi) is 5.62. The van der Waals surface area contributed by atoms with Gasteiger partial charge in [-0.1, -0.05) is 12.1 Å². The minimum Gasteiger partial charge on any atom is -0.491 e. The van der Waals surface area contributed by atoms with Crippen LogP contribution in [0.1, 0.15) is 24.8 Å². The van der Waals surface area contributed by atoms with Crippen LogP contribution in [0.4, 0.5) is 0 Å². The molecule has 118 valence electrons. The number of benzene rings is 1. The average molecular weight is 292 g/mol. The summed E-state index contributed by atoms with van der Waals surface area (Å²) in [5.74, 6) is 0.817. The maximum Gasteiger partial charge on any atom is 0.119 e. The molecule has 1 aliphatic carbocycles. The second-order valence-electron chi connectivity index (χ2n) is 6.38. The van der Waals surface area contributed by atoms with Crippen molar-refractivity contribution >= 4 is 0 Å². The van der Waals surface area contributed by atoms with Crippen LogP contribution in [0.25, 0.3) is 0 Å². The molecule has 1 fully saturated rings. The highest BCUT2D eigenvalue weighted by molar-refractivity contribution is 5.27. The lowest BCUT2D eigenvalue weighted by Gasteiger charge is -2.47. The number of hydrogen-bond donors (Lipinski definition) is 2. The fourth-order valence-electron chi connectivity index (χ4n) is 2.79. The first-order valence-electron chi connectivity index (χ1n) is 7.77. The first-order chi connectivity index (χ1) is 10.0. The van der Waals surface area contributed by atoms with Crippen LogP contribution < -0.4 is 10.1 Å². The molecule has 1 unspecified atom stereocenters. The van der Waals surface area contributed by atoms with Crippen molar-refractivity contribution in [3.05, 3.63) is 29.8 Å². The lowest BCUT2D eigenvalue weighted by atomic mass is 9.75. The molecule has 1 atom stereocenters. The second-order valence-corrected chi connectivity index (χ2v) is 6.38. The van der Waals surface area contributed by atoms with Gasteiger partial charge in [-0.3, -0.25) is 0 Å². The van der Waals surface area contributed by atoms with Gasteiger partial charge in [0.25, 0.3) is 0 Å². The third kappa shape index (κ3) is 4.43. The van der Waals surface area contributed by atoms with Crippen LogP contribution in [-0.4, -0.2) is 55.4 Å². The van der Waals surface area contributed by atoms with E-state index in [9.17, 15) is 5.11 Å². The van der Waals surface area contributed by atoms with E-state index in [1.54, 1.807) is 0 Å². The van der Waals surface area contributed by atoms with Gasteiger partial charge >= 0.3 is 0 Å². The third-order valence-corrected chi connectivity index (χ3v) is 4.50. The summed E-state index contributed by atoms with van der Waals surface area (Å²) < 4.78 is 5.62. The van der Waals surface area contributed by atoms with Crippen molar-refractivity contribution in [2.45, 2.75) is 37.8 Å². The zero-order valence-electron chi connectivity index (χ0n) is 13.4.